The quantitative estimate of drug-likeness (QED) is 0.130. The summed E-state index contributed by atoms with van der Waals surface area (Å²) in [6.07, 6.45) is 6.62. The van der Waals surface area contributed by atoms with Gasteiger partial charge in [-0.3, -0.25) is 4.98 Å². The molecule has 0 aliphatic heterocycles. The molecule has 48 heavy (non-hydrogen) atoms. The fourth-order valence-electron chi connectivity index (χ4n) is 2.11. The fraction of sp³-hybridized carbons (Fsp3) is 0.286. The van der Waals surface area contributed by atoms with E-state index in [9.17, 15) is 9.59 Å². The molecule has 20 heteroatoms. The van der Waals surface area contributed by atoms with Crippen molar-refractivity contribution in [3.05, 3.63) is 125 Å². The molecule has 7 aromatic heterocycles. The molecule has 0 aromatic carbocycles. The van der Waals surface area contributed by atoms with Crippen LogP contribution >= 0.6 is 34.0 Å². The van der Waals surface area contributed by atoms with Gasteiger partial charge in [0.1, 0.15) is 0 Å². The molecule has 0 atom stereocenters. The third-order valence-electron chi connectivity index (χ3n) is 4.16. The van der Waals surface area contributed by atoms with Gasteiger partial charge in [0.2, 0.25) is 5.89 Å². The Morgan fingerprint density at radius 2 is 1.73 bits per heavy atom. The SMILES string of the molecule is Cc1cccs1.Cc1ccsc1.Cc1cnc[nH]1.Cc1nccs1.Cc1ncno1.Cc1nn[nH]n1.Cn1oc(=O)[nH]c1=O.[CH2-][B]C.[U]. The first-order valence-corrected chi connectivity index (χ1v) is 16.3. The molecule has 257 valence electrons. The van der Waals surface area contributed by atoms with Gasteiger partial charge in [-0.1, -0.05) is 23.7 Å². The summed E-state index contributed by atoms with van der Waals surface area (Å²) in [6, 6.07) is 6.26. The van der Waals surface area contributed by atoms with E-state index in [4.69, 9.17) is 0 Å². The van der Waals surface area contributed by atoms with Crippen LogP contribution < -0.4 is 11.4 Å². The van der Waals surface area contributed by atoms with Crippen molar-refractivity contribution >= 4 is 41.3 Å². The van der Waals surface area contributed by atoms with E-state index in [1.165, 1.54) is 23.8 Å². The first-order valence-electron chi connectivity index (χ1n) is 13.5. The Hall–Kier alpha value is -3.69. The monoisotopic (exact) mass is 939 g/mol. The van der Waals surface area contributed by atoms with Crippen LogP contribution in [0.5, 0.6) is 0 Å². The number of aromatic amines is 3. The van der Waals surface area contributed by atoms with Gasteiger partial charge < -0.3 is 20.9 Å². The number of rotatable bonds is 0. The number of nitrogens with zero attached hydrogens (tertiary/aromatic N) is 8. The number of tetrazole rings is 1. The van der Waals surface area contributed by atoms with Crippen molar-refractivity contribution in [3.63, 3.8) is 0 Å². The van der Waals surface area contributed by atoms with E-state index in [0.29, 0.717) is 11.7 Å². The molecule has 0 aliphatic carbocycles. The van der Waals surface area contributed by atoms with Gasteiger partial charge in [0.05, 0.1) is 18.4 Å². The summed E-state index contributed by atoms with van der Waals surface area (Å²) < 4.78 is 9.50. The molecule has 0 amide bonds. The second-order valence-corrected chi connectivity index (χ2v) is 11.5. The number of aromatic nitrogens is 11. The number of nitrogens with one attached hydrogen (secondary N) is 3. The van der Waals surface area contributed by atoms with Crippen LogP contribution in [0.1, 0.15) is 32.9 Å². The molecule has 7 aromatic rings. The minimum absolute atomic E-state index is 0. The summed E-state index contributed by atoms with van der Waals surface area (Å²) in [5, 5.41) is 25.4. The first kappa shape index (κ1) is 46.4. The molecule has 0 fully saturated rings. The molecule has 0 aliphatic rings. The average Bonchev–Trinajstić information content (AvgIpc) is 3.86. The largest absolute Gasteiger partial charge is 0.440 e. The molecular weight excluding hydrogens is 899 g/mol. The summed E-state index contributed by atoms with van der Waals surface area (Å²) in [5.41, 5.74) is 1.94. The van der Waals surface area contributed by atoms with E-state index in [2.05, 4.69) is 110 Å². The van der Waals surface area contributed by atoms with Gasteiger partial charge in [-0.15, -0.1) is 39.7 Å². The Bertz CT molecular complexity index is 1440. The number of hydrogen-bond acceptors (Lipinski definition) is 14. The maximum Gasteiger partial charge on any atom is 0.440 e. The van der Waals surface area contributed by atoms with E-state index in [0.717, 1.165) is 15.4 Å². The van der Waals surface area contributed by atoms with Gasteiger partial charge in [-0.05, 0) is 68.5 Å². The maximum atomic E-state index is 10.3. The Morgan fingerprint density at radius 1 is 1.00 bits per heavy atom. The van der Waals surface area contributed by atoms with Gasteiger partial charge in [0.25, 0.3) is 0 Å². The second-order valence-electron chi connectivity index (χ2n) is 8.44. The summed E-state index contributed by atoms with van der Waals surface area (Å²) in [4.78, 5) is 37.8. The van der Waals surface area contributed by atoms with Gasteiger partial charge in [-0.2, -0.15) is 26.3 Å². The van der Waals surface area contributed by atoms with Gasteiger partial charge in [-0.25, -0.2) is 19.6 Å². The molecule has 0 saturated carbocycles. The van der Waals surface area contributed by atoms with Gasteiger partial charge in [0.15, 0.2) is 12.2 Å². The number of aryl methyl sites for hydroxylation is 7. The first-order chi connectivity index (χ1) is 22.5. The van der Waals surface area contributed by atoms with Crippen LogP contribution in [0.25, 0.3) is 0 Å². The van der Waals surface area contributed by atoms with E-state index in [1.54, 1.807) is 73.9 Å². The zero-order valence-electron chi connectivity index (χ0n) is 28.1. The standard InChI is InChI=1S/2C5H6S.C4H6N2.C4H5NS.C3H4N2O3.C3H4N2O.C2H5B.C2H4N4.U/c1-5-2-3-6-4-5;1-5-3-2-4-6-5;1-4-2-5-3-6-4;1-4-5-2-3-6-4;1-5-2(6)4-3(7)8-5;1-3-4-2-5-6-3;1-3-2;1-2-3-5-6-4-2;/h2*2-4H,1H3;2-3H,1H3,(H,5,6);2-3H,1H3;1H3,(H,4,6,7);2H,1H3;1H2,2H3;1H3,(H,3,4,5,6);/q;;;;;;-1;;. The summed E-state index contributed by atoms with van der Waals surface area (Å²) >= 11 is 5.18. The van der Waals surface area contributed by atoms with E-state index < -0.39 is 11.4 Å². The molecule has 7 heterocycles. The second kappa shape index (κ2) is 30.6. The number of H-pyrrole nitrogens is 3. The smallest absolute Gasteiger partial charge is 0.373 e. The van der Waals surface area contributed by atoms with Crippen LogP contribution in [-0.4, -0.2) is 62.7 Å². The molecule has 0 saturated heterocycles. The number of thiophene rings is 2. The van der Waals surface area contributed by atoms with Crippen molar-refractivity contribution in [2.24, 2.45) is 7.05 Å². The van der Waals surface area contributed by atoms with Crippen LogP contribution in [-0.2, 0) is 7.05 Å². The number of thiazole rings is 1. The summed E-state index contributed by atoms with van der Waals surface area (Å²) in [6.45, 7) is 16.9. The van der Waals surface area contributed by atoms with Crippen molar-refractivity contribution in [2.75, 3.05) is 0 Å². The van der Waals surface area contributed by atoms with Crippen LogP contribution in [0.2, 0.25) is 6.82 Å². The predicted molar refractivity (Wildman–Crippen MR) is 188 cm³/mol. The van der Waals surface area contributed by atoms with Crippen molar-refractivity contribution < 1.29 is 40.2 Å². The van der Waals surface area contributed by atoms with Crippen molar-refractivity contribution in [2.45, 2.75) is 48.4 Å². The molecule has 0 unspecified atom stereocenters. The molecule has 15 nitrogen and oxygen atoms in total. The van der Waals surface area contributed by atoms with Crippen molar-refractivity contribution in [3.8, 4) is 0 Å². The Labute approximate surface area is 315 Å². The number of imidazole rings is 1. The van der Waals surface area contributed by atoms with E-state index in [-0.39, 0.29) is 31.1 Å². The van der Waals surface area contributed by atoms with E-state index >= 15 is 0 Å². The molecule has 3 N–H and O–H groups in total. The van der Waals surface area contributed by atoms with Crippen LogP contribution in [0, 0.1) is 79.5 Å². The zero-order valence-corrected chi connectivity index (χ0v) is 34.7. The topological polar surface area (TPSA) is 203 Å². The minimum Gasteiger partial charge on any atom is -0.373 e. The van der Waals surface area contributed by atoms with E-state index in [1.807, 2.05) is 31.0 Å². The fourth-order valence-corrected chi connectivity index (χ4v) is 3.74. The number of hydrogen-bond donors (Lipinski definition) is 3. The third kappa shape index (κ3) is 28.5. The Morgan fingerprint density at radius 3 is 1.88 bits per heavy atom. The minimum atomic E-state index is -0.725. The average molecular weight is 940 g/mol. The normalized spacial score (nSPS) is 8.52. The maximum absolute atomic E-state index is 10.3. The van der Waals surface area contributed by atoms with Crippen molar-refractivity contribution in [1.82, 2.24) is 55.4 Å². The van der Waals surface area contributed by atoms with Crippen molar-refractivity contribution in [1.29, 1.82) is 0 Å². The molecule has 0 bridgehead atoms. The zero-order chi connectivity index (χ0) is 35.3. The molecule has 0 spiro atoms. The molecular formula is C28H40BN11O4S3U-. The Balaban J connectivity index is 0. The third-order valence-corrected chi connectivity index (χ3v) is 6.46. The summed E-state index contributed by atoms with van der Waals surface area (Å²) in [5.74, 6) is 0.558. The van der Waals surface area contributed by atoms with Gasteiger partial charge in [0, 0.05) is 66.4 Å². The van der Waals surface area contributed by atoms with Crippen LogP contribution in [0.15, 0.2) is 83.4 Å². The van der Waals surface area contributed by atoms with Crippen LogP contribution in [0.3, 0.4) is 0 Å². The molecule has 1 radical (unpaired) electrons. The predicted octanol–water partition coefficient (Wildman–Crippen LogP) is 5.37. The summed E-state index contributed by atoms with van der Waals surface area (Å²) in [7, 11) is 3.10. The van der Waals surface area contributed by atoms with Crippen LogP contribution in [0.4, 0.5) is 0 Å². The Kier molecular flexibility index (Phi) is 29.6. The molecule has 7 rings (SSSR count). The van der Waals surface area contributed by atoms with Gasteiger partial charge >= 0.3 is 11.4 Å².